The van der Waals surface area contributed by atoms with E-state index in [2.05, 4.69) is 5.32 Å². The van der Waals surface area contributed by atoms with E-state index in [0.717, 1.165) is 49.9 Å². The Labute approximate surface area is 221 Å². The Morgan fingerprint density at radius 1 is 1.13 bits per heavy atom. The molecule has 1 aliphatic heterocycles. The number of imidazole rings is 1. The summed E-state index contributed by atoms with van der Waals surface area (Å²) in [4.78, 5) is 22.5. The first-order chi connectivity index (χ1) is 18.2. The number of ketones is 1. The highest BCUT2D eigenvalue weighted by atomic mass is 32.2. The summed E-state index contributed by atoms with van der Waals surface area (Å²) in [5.41, 5.74) is 3.69. The van der Waals surface area contributed by atoms with Crippen molar-refractivity contribution >= 4 is 38.2 Å². The first-order valence-electron chi connectivity index (χ1n) is 13.5. The van der Waals surface area contributed by atoms with Crippen molar-refractivity contribution in [3.05, 3.63) is 41.3 Å². The molecule has 0 amide bonds. The molecule has 2 aromatic heterocycles. The molecular formula is C28H33FN4O4S. The van der Waals surface area contributed by atoms with Crippen LogP contribution >= 0.6 is 0 Å². The summed E-state index contributed by atoms with van der Waals surface area (Å²) in [7, 11) is -3.52. The number of fused-ring (bicyclic) bond motifs is 1. The monoisotopic (exact) mass is 540 g/mol. The van der Waals surface area contributed by atoms with Gasteiger partial charge in [0.05, 0.1) is 27.9 Å². The predicted molar refractivity (Wildman–Crippen MR) is 142 cm³/mol. The van der Waals surface area contributed by atoms with Crippen molar-refractivity contribution in [1.82, 2.24) is 14.5 Å². The van der Waals surface area contributed by atoms with Crippen LogP contribution in [0.3, 0.4) is 0 Å². The van der Waals surface area contributed by atoms with Crippen molar-refractivity contribution in [3.63, 3.8) is 0 Å². The minimum absolute atomic E-state index is 0.00497. The lowest BCUT2D eigenvalue weighted by atomic mass is 9.80. The molecule has 3 atom stereocenters. The quantitative estimate of drug-likeness (QED) is 0.412. The standard InChI is InChI=1S/C28H33FN4O4S/c1-16-30-27-23(32-22-10-9-18(17-6-5-7-17)12-25(22)38(2,35)36)13-19(14-24(34)20-15-21(20)29)31-28(27)33(16)26-8-3-4-11-37-26/h9-10,12-13,17,20-21,26H,3-8,11,14-15H2,1-2H3,(H,31,32)/t20-,21+,26?/m1/s1. The van der Waals surface area contributed by atoms with Crippen LogP contribution in [0.2, 0.25) is 0 Å². The minimum atomic E-state index is -3.52. The number of anilines is 2. The van der Waals surface area contributed by atoms with Crippen LogP contribution in [0.5, 0.6) is 0 Å². The molecule has 2 aliphatic carbocycles. The fourth-order valence-corrected chi connectivity index (χ4v) is 6.45. The minimum Gasteiger partial charge on any atom is -0.358 e. The SMILES string of the molecule is Cc1nc2c(Nc3ccc(C4CCC4)cc3S(C)(=O)=O)cc(CC(=O)[C@@H]3C[C@@H]3F)nc2n1C1CCCCO1. The van der Waals surface area contributed by atoms with Crippen LogP contribution in [0.4, 0.5) is 15.8 Å². The number of carbonyl (C=O) groups excluding carboxylic acids is 1. The van der Waals surface area contributed by atoms with Crippen LogP contribution in [0.25, 0.3) is 11.2 Å². The Kier molecular flexibility index (Phi) is 6.50. The molecule has 1 unspecified atom stereocenters. The number of aromatic nitrogens is 3. The maximum Gasteiger partial charge on any atom is 0.177 e. The van der Waals surface area contributed by atoms with E-state index in [9.17, 15) is 17.6 Å². The van der Waals surface area contributed by atoms with Gasteiger partial charge in [-0.25, -0.2) is 22.8 Å². The van der Waals surface area contributed by atoms with Gasteiger partial charge in [0.2, 0.25) is 0 Å². The van der Waals surface area contributed by atoms with Gasteiger partial charge in [-0.15, -0.1) is 0 Å². The molecule has 1 saturated heterocycles. The molecule has 6 rings (SSSR count). The zero-order valence-corrected chi connectivity index (χ0v) is 22.6. The highest BCUT2D eigenvalue weighted by molar-refractivity contribution is 7.90. The van der Waals surface area contributed by atoms with E-state index in [4.69, 9.17) is 14.7 Å². The number of nitrogens with one attached hydrogen (secondary N) is 1. The zero-order chi connectivity index (χ0) is 26.6. The number of aryl methyl sites for hydroxylation is 1. The number of nitrogens with zero attached hydrogens (tertiary/aromatic N) is 3. The van der Waals surface area contributed by atoms with E-state index in [1.54, 1.807) is 12.1 Å². The molecule has 2 saturated carbocycles. The zero-order valence-electron chi connectivity index (χ0n) is 21.7. The van der Waals surface area contributed by atoms with Crippen LogP contribution in [-0.2, 0) is 25.8 Å². The van der Waals surface area contributed by atoms with E-state index >= 15 is 0 Å². The number of hydrogen-bond acceptors (Lipinski definition) is 7. The predicted octanol–water partition coefficient (Wildman–Crippen LogP) is 5.32. The molecule has 0 bridgehead atoms. The molecule has 3 aromatic rings. The highest BCUT2D eigenvalue weighted by Crippen LogP contribution is 2.40. The van der Waals surface area contributed by atoms with Crippen LogP contribution in [0, 0.1) is 12.8 Å². The second-order valence-corrected chi connectivity index (χ2v) is 12.9. The summed E-state index contributed by atoms with van der Waals surface area (Å²) in [6.45, 7) is 2.54. The topological polar surface area (TPSA) is 103 Å². The molecule has 8 nitrogen and oxygen atoms in total. The summed E-state index contributed by atoms with van der Waals surface area (Å²) < 4.78 is 47.2. The Balaban J connectivity index is 1.44. The van der Waals surface area contributed by atoms with Gasteiger partial charge in [-0.1, -0.05) is 12.5 Å². The van der Waals surface area contributed by atoms with E-state index in [0.29, 0.717) is 40.8 Å². The summed E-state index contributed by atoms with van der Waals surface area (Å²) in [5, 5.41) is 3.31. The van der Waals surface area contributed by atoms with Crippen molar-refractivity contribution in [1.29, 1.82) is 0 Å². The number of Topliss-reactive ketones (excluding diaryl/α,β-unsaturated/α-hetero) is 1. The molecule has 0 radical (unpaired) electrons. The van der Waals surface area contributed by atoms with Crippen LogP contribution in [0.15, 0.2) is 29.2 Å². The summed E-state index contributed by atoms with van der Waals surface area (Å²) in [6.07, 6.45) is 6.35. The molecule has 3 heterocycles. The Bertz CT molecular complexity index is 1510. The van der Waals surface area contributed by atoms with E-state index in [1.165, 1.54) is 6.26 Å². The van der Waals surface area contributed by atoms with Gasteiger partial charge in [0.25, 0.3) is 0 Å². The number of alkyl halides is 1. The van der Waals surface area contributed by atoms with Crippen molar-refractivity contribution in [2.45, 2.75) is 81.5 Å². The Morgan fingerprint density at radius 2 is 1.92 bits per heavy atom. The Morgan fingerprint density at radius 3 is 2.55 bits per heavy atom. The van der Waals surface area contributed by atoms with Gasteiger partial charge in [0, 0.05) is 19.3 Å². The number of benzene rings is 1. The van der Waals surface area contributed by atoms with Crippen LogP contribution < -0.4 is 5.32 Å². The lowest BCUT2D eigenvalue weighted by Gasteiger charge is -2.26. The number of pyridine rings is 1. The van der Waals surface area contributed by atoms with Crippen molar-refractivity contribution in [3.8, 4) is 0 Å². The average molecular weight is 541 g/mol. The first kappa shape index (κ1) is 25.4. The lowest BCUT2D eigenvalue weighted by molar-refractivity contribution is -0.120. The molecule has 0 spiro atoms. The van der Waals surface area contributed by atoms with E-state index < -0.39 is 21.9 Å². The second-order valence-electron chi connectivity index (χ2n) is 11.0. The van der Waals surface area contributed by atoms with E-state index in [-0.39, 0.29) is 29.7 Å². The number of rotatable bonds is 8. The molecule has 1 aromatic carbocycles. The molecule has 1 N–H and O–H groups in total. The fraction of sp³-hybridized carbons (Fsp3) is 0.536. The average Bonchev–Trinajstić information content (AvgIpc) is 3.48. The van der Waals surface area contributed by atoms with Crippen molar-refractivity contribution < 1.29 is 22.3 Å². The van der Waals surface area contributed by atoms with E-state index in [1.807, 2.05) is 23.6 Å². The molecule has 3 fully saturated rings. The molecular weight excluding hydrogens is 507 g/mol. The van der Waals surface area contributed by atoms with Crippen LogP contribution in [-0.4, -0.2) is 47.8 Å². The van der Waals surface area contributed by atoms with Crippen LogP contribution in [0.1, 0.15) is 74.2 Å². The number of halogens is 1. The molecule has 38 heavy (non-hydrogen) atoms. The third kappa shape index (κ3) is 4.84. The van der Waals surface area contributed by atoms with Crippen molar-refractivity contribution in [2.75, 3.05) is 18.2 Å². The van der Waals surface area contributed by atoms with Gasteiger partial charge in [0.1, 0.15) is 29.5 Å². The van der Waals surface area contributed by atoms with Gasteiger partial charge in [-0.2, -0.15) is 0 Å². The van der Waals surface area contributed by atoms with Gasteiger partial charge >= 0.3 is 0 Å². The Hall–Kier alpha value is -2.85. The van der Waals surface area contributed by atoms with Gasteiger partial charge in [0.15, 0.2) is 15.5 Å². The number of sulfone groups is 1. The highest BCUT2D eigenvalue weighted by Gasteiger charge is 2.43. The first-order valence-corrected chi connectivity index (χ1v) is 15.4. The maximum absolute atomic E-state index is 13.6. The van der Waals surface area contributed by atoms with Gasteiger partial charge < -0.3 is 10.1 Å². The molecule has 10 heteroatoms. The van der Waals surface area contributed by atoms with Gasteiger partial charge in [-0.05, 0) is 75.1 Å². The third-order valence-corrected chi connectivity index (χ3v) is 9.19. The summed E-state index contributed by atoms with van der Waals surface area (Å²) >= 11 is 0. The third-order valence-electron chi connectivity index (χ3n) is 8.05. The summed E-state index contributed by atoms with van der Waals surface area (Å²) in [6, 6.07) is 7.31. The fourth-order valence-electron chi connectivity index (χ4n) is 5.58. The summed E-state index contributed by atoms with van der Waals surface area (Å²) in [5.74, 6) is 0.382. The smallest absolute Gasteiger partial charge is 0.177 e. The molecule has 202 valence electrons. The second kappa shape index (κ2) is 9.72. The molecule has 3 aliphatic rings. The number of carbonyl (C=O) groups is 1. The lowest BCUT2D eigenvalue weighted by Crippen LogP contribution is -2.19. The largest absolute Gasteiger partial charge is 0.358 e. The number of hydrogen-bond donors (Lipinski definition) is 1. The van der Waals surface area contributed by atoms with Gasteiger partial charge in [-0.3, -0.25) is 9.36 Å². The normalized spacial score (nSPS) is 23.8. The maximum atomic E-state index is 13.6. The van der Waals surface area contributed by atoms with Crippen molar-refractivity contribution in [2.24, 2.45) is 5.92 Å². The number of ether oxygens (including phenoxy) is 1.